The Morgan fingerprint density at radius 3 is 0.756 bits per heavy atom. The second-order valence-corrected chi connectivity index (χ2v) is 20.6. The maximum absolute atomic E-state index is 5.58. The first-order valence-electron chi connectivity index (χ1n) is 27.5. The molecule has 11 aromatic rings. The predicted molar refractivity (Wildman–Crippen MR) is 354 cm³/mol. The third-order valence-electron chi connectivity index (χ3n) is 13.0. The molecule has 11 rings (SSSR count). The van der Waals surface area contributed by atoms with Gasteiger partial charge in [0.2, 0.25) is 0 Å². The predicted octanol–water partition coefficient (Wildman–Crippen LogP) is 15.9. The number of rotatable bonds is 11. The molecule has 0 unspecified atom stereocenters. The normalized spacial score (nSPS) is 9.90. The Morgan fingerprint density at radius 1 is 0.279 bits per heavy atom. The molecule has 0 atom stereocenters. The van der Waals surface area contributed by atoms with Gasteiger partial charge in [-0.05, 0) is 228 Å². The summed E-state index contributed by atoms with van der Waals surface area (Å²) in [6.07, 6.45) is 18.7. The summed E-state index contributed by atoms with van der Waals surface area (Å²) in [4.78, 5) is 34.8. The van der Waals surface area contributed by atoms with E-state index < -0.39 is 0 Å². The Kier molecular flexibility index (Phi) is 33.7. The maximum atomic E-state index is 5.58. The van der Waals surface area contributed by atoms with Crippen molar-refractivity contribution in [3.63, 3.8) is 0 Å². The molecule has 14 heteroatoms. The zero-order valence-corrected chi connectivity index (χ0v) is 56.2. The van der Waals surface area contributed by atoms with Gasteiger partial charge in [0, 0.05) is 55.0 Å². The second-order valence-electron chi connectivity index (χ2n) is 20.3. The Hall–Kier alpha value is -6.38. The standard InChI is InChI=1S/2C20H20N2.C12H12N2.C12H11N2.C8H9Cl.2BrH.2Cu.Li/c2*1-15-3-5-17(6-4-15)7-8-18-10-12-22-20(14-18)19-13-16(2)9-11-21-19;2*1-9-3-5-13-11(7-9)12-8-10(2)4-6-14-12;1-7-2-4-8(6-9)5-3-7;;;;;/h2*3-6,9-14H,7-8H2,1-2H3;3-8H,1-2H3;3-8H,1H2,2H3;2-5H,6H2,1H3;2*1H;;;/q;;;-1;;;;3*+1/p-2. The second kappa shape index (κ2) is 40.1. The van der Waals surface area contributed by atoms with Crippen LogP contribution in [0.3, 0.4) is 0 Å². The fourth-order valence-corrected chi connectivity index (χ4v) is 8.48. The molecular weight excluding hydrogens is 1310 g/mol. The summed E-state index contributed by atoms with van der Waals surface area (Å²) in [6.45, 7) is 20.5. The van der Waals surface area contributed by atoms with Crippen molar-refractivity contribution in [3.8, 4) is 45.6 Å². The SMILES string of the molecule is Cc1ccc(CCc2ccnc(-c3cc(C)ccn3)c2)cc1.Cc1ccc(CCc2ccnc(-c3cc(C)ccn3)c2)cc1.Cc1ccc(CCl)cc1.Cc1ccnc(-c2cc(C)ccn2)c1.[CH2-]c1ccnc(-c2cc(C)ccn2)c1.[Cu][Br].[Cu][Br].[Li+]. The molecule has 444 valence electrons. The molecule has 0 aliphatic rings. The number of aryl methyl sites for hydroxylation is 12. The first kappa shape index (κ1) is 72.1. The average Bonchev–Trinajstić information content (AvgIpc) is 3.69. The van der Waals surface area contributed by atoms with Gasteiger partial charge < -0.3 is 0 Å². The summed E-state index contributed by atoms with van der Waals surface area (Å²) in [5.74, 6) is 0.611. The van der Waals surface area contributed by atoms with Gasteiger partial charge >= 0.3 is 75.5 Å². The van der Waals surface area contributed by atoms with Crippen molar-refractivity contribution in [2.75, 3.05) is 0 Å². The van der Waals surface area contributed by atoms with Crippen LogP contribution in [-0.2, 0) is 60.0 Å². The molecule has 0 N–H and O–H groups in total. The molecule has 0 radical (unpaired) electrons. The van der Waals surface area contributed by atoms with Gasteiger partial charge in [0.1, 0.15) is 0 Å². The minimum absolute atomic E-state index is 0. The van der Waals surface area contributed by atoms with E-state index in [9.17, 15) is 0 Å². The molecule has 0 saturated carbocycles. The summed E-state index contributed by atoms with van der Waals surface area (Å²) in [6, 6.07) is 58.2. The van der Waals surface area contributed by atoms with Crippen LogP contribution in [0, 0.1) is 62.3 Å². The van der Waals surface area contributed by atoms with E-state index in [0.717, 1.165) is 76.8 Å². The van der Waals surface area contributed by atoms with Gasteiger partial charge in [-0.1, -0.05) is 89.5 Å². The Labute approximate surface area is 558 Å². The van der Waals surface area contributed by atoms with Gasteiger partial charge in [0.15, 0.2) is 0 Å². The summed E-state index contributed by atoms with van der Waals surface area (Å²) in [5.41, 5.74) is 24.8. The molecule has 0 spiro atoms. The molecule has 8 nitrogen and oxygen atoms in total. The van der Waals surface area contributed by atoms with E-state index in [1.165, 1.54) is 72.3 Å². The Bertz CT molecular complexity index is 3420. The number of benzene rings is 3. The first-order chi connectivity index (χ1) is 41.2. The van der Waals surface area contributed by atoms with Crippen LogP contribution in [0.2, 0.25) is 0 Å². The molecule has 8 aromatic heterocycles. The van der Waals surface area contributed by atoms with Gasteiger partial charge in [0.25, 0.3) is 0 Å². The van der Waals surface area contributed by atoms with Gasteiger partial charge in [-0.25, -0.2) is 0 Å². The minimum Gasteiger partial charge on any atom is 1.00 e. The van der Waals surface area contributed by atoms with Crippen LogP contribution in [0.4, 0.5) is 0 Å². The number of nitrogens with zero attached hydrogens (tertiary/aromatic N) is 8. The minimum atomic E-state index is 0. The zero-order chi connectivity index (χ0) is 61.3. The van der Waals surface area contributed by atoms with E-state index in [1.54, 1.807) is 12.4 Å². The van der Waals surface area contributed by atoms with Crippen molar-refractivity contribution < 1.29 is 47.3 Å². The van der Waals surface area contributed by atoms with E-state index in [-0.39, 0.29) is 18.9 Å². The summed E-state index contributed by atoms with van der Waals surface area (Å²) < 4.78 is 0. The quantitative estimate of drug-likeness (QED) is 0.0717. The molecule has 8 heterocycles. The van der Waals surface area contributed by atoms with Crippen LogP contribution in [0.15, 0.2) is 219 Å². The summed E-state index contributed by atoms with van der Waals surface area (Å²) >= 11 is 18.6. The molecule has 0 fully saturated rings. The third-order valence-corrected chi connectivity index (χ3v) is 13.3. The first-order valence-corrected chi connectivity index (χ1v) is 32.7. The number of hydrogen-bond donors (Lipinski definition) is 0. The van der Waals surface area contributed by atoms with Crippen LogP contribution >= 0.6 is 39.8 Å². The fraction of sp³-hybridized carbons (Fsp3) is 0.181. The zero-order valence-electron chi connectivity index (χ0n) is 50.3. The van der Waals surface area contributed by atoms with Gasteiger partial charge in [-0.2, -0.15) is 12.5 Å². The number of pyridine rings is 8. The van der Waals surface area contributed by atoms with Crippen LogP contribution in [-0.4, -0.2) is 39.9 Å². The summed E-state index contributed by atoms with van der Waals surface area (Å²) in [7, 11) is 0. The molecule has 0 saturated heterocycles. The Morgan fingerprint density at radius 2 is 0.500 bits per heavy atom. The van der Waals surface area contributed by atoms with Gasteiger partial charge in [-0.3, -0.25) is 39.9 Å². The van der Waals surface area contributed by atoms with Crippen molar-refractivity contribution in [2.45, 2.75) is 87.0 Å². The van der Waals surface area contributed by atoms with Gasteiger partial charge in [-0.15, -0.1) is 23.7 Å². The summed E-state index contributed by atoms with van der Waals surface area (Å²) in [5, 5.41) is 0. The number of halogens is 3. The van der Waals surface area contributed by atoms with Crippen LogP contribution in [0.5, 0.6) is 0 Å². The van der Waals surface area contributed by atoms with Crippen molar-refractivity contribution in [2.24, 2.45) is 0 Å². The number of hydrogen-bond acceptors (Lipinski definition) is 8. The van der Waals surface area contributed by atoms with E-state index in [4.69, 9.17) is 11.6 Å². The van der Waals surface area contributed by atoms with Crippen molar-refractivity contribution in [1.29, 1.82) is 0 Å². The van der Waals surface area contributed by atoms with Crippen LogP contribution < -0.4 is 18.9 Å². The molecular formula is C72H72Br2ClCu2LiN8. The van der Waals surface area contributed by atoms with Crippen molar-refractivity contribution >= 4 is 39.8 Å². The van der Waals surface area contributed by atoms with E-state index in [2.05, 4.69) is 249 Å². The monoisotopic (exact) mass is 1370 g/mol. The Balaban J connectivity index is 0.000000233. The van der Waals surface area contributed by atoms with Crippen molar-refractivity contribution in [1.82, 2.24) is 39.9 Å². The van der Waals surface area contributed by atoms with E-state index in [1.807, 2.05) is 117 Å². The largest absolute Gasteiger partial charge is 1.00 e. The number of aromatic nitrogens is 8. The van der Waals surface area contributed by atoms with Gasteiger partial charge in [0.05, 0.1) is 39.9 Å². The maximum Gasteiger partial charge on any atom is 1.00 e. The molecule has 0 amide bonds. The topological polar surface area (TPSA) is 103 Å². The third kappa shape index (κ3) is 26.3. The molecule has 0 aliphatic heterocycles. The van der Waals surface area contributed by atoms with E-state index >= 15 is 0 Å². The van der Waals surface area contributed by atoms with E-state index in [0.29, 0.717) is 5.88 Å². The van der Waals surface area contributed by atoms with Crippen LogP contribution in [0.1, 0.15) is 77.9 Å². The molecule has 86 heavy (non-hydrogen) atoms. The molecule has 0 aliphatic carbocycles. The average molecular weight is 1380 g/mol. The molecule has 0 bridgehead atoms. The smallest absolute Gasteiger partial charge is 1.00 e. The van der Waals surface area contributed by atoms with Crippen LogP contribution in [0.25, 0.3) is 45.6 Å². The fourth-order valence-electron chi connectivity index (χ4n) is 8.30. The number of alkyl halides is 1. The van der Waals surface area contributed by atoms with Crippen molar-refractivity contribution in [3.05, 3.63) is 304 Å². The molecule has 3 aromatic carbocycles.